The number of aromatic amines is 1. The second kappa shape index (κ2) is 9.56. The second-order valence-electron chi connectivity index (χ2n) is 9.29. The number of methoxy groups -OCH3 is 1. The SMILES string of the molecule is COCCNC(=O)CN1C(=O)c2ccccc2[C@H]1c1c(-c2ccc3ccccc3c2)[nH]c2ccccc12. The molecule has 0 fully saturated rings. The number of nitrogens with zero attached hydrogens (tertiary/aromatic N) is 1. The average Bonchev–Trinajstić information content (AvgIpc) is 3.44. The van der Waals surface area contributed by atoms with Crippen molar-refractivity contribution in [2.45, 2.75) is 6.04 Å². The minimum absolute atomic E-state index is 0.0431. The molecule has 37 heavy (non-hydrogen) atoms. The van der Waals surface area contributed by atoms with Crippen LogP contribution in [-0.2, 0) is 9.53 Å². The molecule has 0 aliphatic carbocycles. The fourth-order valence-corrected chi connectivity index (χ4v) is 5.37. The number of aromatic nitrogens is 1. The molecule has 0 saturated carbocycles. The fraction of sp³-hybridized carbons (Fsp3) is 0.161. The summed E-state index contributed by atoms with van der Waals surface area (Å²) in [5.74, 6) is -0.354. The molecule has 1 aromatic heterocycles. The van der Waals surface area contributed by atoms with Crippen molar-refractivity contribution >= 4 is 33.5 Å². The number of hydrogen-bond donors (Lipinski definition) is 2. The molecule has 2 amide bonds. The number of amides is 2. The van der Waals surface area contributed by atoms with E-state index in [0.717, 1.165) is 38.7 Å². The molecule has 2 heterocycles. The number of fused-ring (bicyclic) bond motifs is 3. The highest BCUT2D eigenvalue weighted by atomic mass is 16.5. The fourth-order valence-electron chi connectivity index (χ4n) is 5.37. The minimum atomic E-state index is -0.408. The summed E-state index contributed by atoms with van der Waals surface area (Å²) in [7, 11) is 1.59. The molecule has 0 radical (unpaired) electrons. The van der Waals surface area contributed by atoms with Crippen LogP contribution in [0.1, 0.15) is 27.5 Å². The van der Waals surface area contributed by atoms with Crippen molar-refractivity contribution in [3.63, 3.8) is 0 Å². The molecule has 2 N–H and O–H groups in total. The molecule has 0 saturated heterocycles. The predicted octanol–water partition coefficient (Wildman–Crippen LogP) is 5.30. The average molecular weight is 490 g/mol. The molecule has 1 aliphatic rings. The summed E-state index contributed by atoms with van der Waals surface area (Å²) < 4.78 is 5.06. The molecule has 5 aromatic rings. The lowest BCUT2D eigenvalue weighted by Crippen LogP contribution is -2.40. The van der Waals surface area contributed by atoms with E-state index in [1.165, 1.54) is 5.39 Å². The highest BCUT2D eigenvalue weighted by Gasteiger charge is 2.40. The number of carbonyl (C=O) groups excluding carboxylic acids is 2. The van der Waals surface area contributed by atoms with E-state index in [1.807, 2.05) is 54.6 Å². The lowest BCUT2D eigenvalue weighted by atomic mass is 9.92. The molecule has 0 spiro atoms. The standard InChI is InChI=1S/C31H27N3O3/c1-37-17-16-32-27(35)19-34-30(23-10-4-5-11-24(23)31(34)36)28-25-12-6-7-13-26(25)33-29(28)22-15-14-20-8-2-3-9-21(20)18-22/h2-15,18,30,33H,16-17,19H2,1H3,(H,32,35)/t30-/m0/s1. The first-order valence-corrected chi connectivity index (χ1v) is 12.4. The molecule has 6 nitrogen and oxygen atoms in total. The number of benzene rings is 4. The Kier molecular flexibility index (Phi) is 5.94. The van der Waals surface area contributed by atoms with Crippen molar-refractivity contribution in [2.24, 2.45) is 0 Å². The van der Waals surface area contributed by atoms with E-state index < -0.39 is 6.04 Å². The summed E-state index contributed by atoms with van der Waals surface area (Å²) >= 11 is 0. The topological polar surface area (TPSA) is 74.4 Å². The summed E-state index contributed by atoms with van der Waals surface area (Å²) in [6, 6.07) is 30.1. The number of rotatable bonds is 7. The van der Waals surface area contributed by atoms with E-state index in [2.05, 4.69) is 46.7 Å². The predicted molar refractivity (Wildman–Crippen MR) is 145 cm³/mol. The maximum absolute atomic E-state index is 13.6. The first kappa shape index (κ1) is 23.0. The van der Waals surface area contributed by atoms with E-state index >= 15 is 0 Å². The van der Waals surface area contributed by atoms with Crippen molar-refractivity contribution in [3.05, 3.63) is 108 Å². The van der Waals surface area contributed by atoms with Crippen LogP contribution in [-0.4, -0.2) is 48.5 Å². The molecule has 184 valence electrons. The highest BCUT2D eigenvalue weighted by Crippen LogP contribution is 2.45. The molecular weight excluding hydrogens is 462 g/mol. The van der Waals surface area contributed by atoms with Crippen LogP contribution in [0.5, 0.6) is 0 Å². The lowest BCUT2D eigenvalue weighted by Gasteiger charge is -2.26. The van der Waals surface area contributed by atoms with Crippen molar-refractivity contribution in [1.29, 1.82) is 0 Å². The molecular formula is C31H27N3O3. The Balaban J connectivity index is 1.52. The van der Waals surface area contributed by atoms with Crippen molar-refractivity contribution in [1.82, 2.24) is 15.2 Å². The van der Waals surface area contributed by atoms with Gasteiger partial charge in [0.1, 0.15) is 6.54 Å². The van der Waals surface area contributed by atoms with Gasteiger partial charge in [0.2, 0.25) is 5.91 Å². The van der Waals surface area contributed by atoms with E-state index in [0.29, 0.717) is 18.7 Å². The lowest BCUT2D eigenvalue weighted by molar-refractivity contribution is -0.122. The van der Waals surface area contributed by atoms with E-state index in [1.54, 1.807) is 12.0 Å². The Morgan fingerprint density at radius 2 is 1.70 bits per heavy atom. The third kappa shape index (κ3) is 4.05. The van der Waals surface area contributed by atoms with Crippen LogP contribution >= 0.6 is 0 Å². The van der Waals surface area contributed by atoms with Crippen LogP contribution in [0.25, 0.3) is 32.9 Å². The summed E-state index contributed by atoms with van der Waals surface area (Å²) in [6.07, 6.45) is 0. The number of hydrogen-bond acceptors (Lipinski definition) is 3. The largest absolute Gasteiger partial charge is 0.383 e. The monoisotopic (exact) mass is 489 g/mol. The minimum Gasteiger partial charge on any atom is -0.383 e. The van der Waals surface area contributed by atoms with Gasteiger partial charge >= 0.3 is 0 Å². The second-order valence-corrected chi connectivity index (χ2v) is 9.29. The Labute approximate surface area is 214 Å². The quantitative estimate of drug-likeness (QED) is 0.305. The number of para-hydroxylation sites is 1. The first-order chi connectivity index (χ1) is 18.2. The van der Waals surface area contributed by atoms with Crippen molar-refractivity contribution < 1.29 is 14.3 Å². The van der Waals surface area contributed by atoms with Crippen molar-refractivity contribution in [3.8, 4) is 11.3 Å². The van der Waals surface area contributed by atoms with Gasteiger partial charge in [-0.25, -0.2) is 0 Å². The summed E-state index contributed by atoms with van der Waals surface area (Å²) in [5, 5.41) is 6.20. The molecule has 0 bridgehead atoms. The molecule has 1 atom stereocenters. The van der Waals surface area contributed by atoms with Gasteiger partial charge in [-0.15, -0.1) is 0 Å². The van der Waals surface area contributed by atoms with E-state index in [-0.39, 0.29) is 18.4 Å². The van der Waals surface area contributed by atoms with Gasteiger partial charge in [0.25, 0.3) is 5.91 Å². The zero-order valence-electron chi connectivity index (χ0n) is 20.5. The zero-order valence-corrected chi connectivity index (χ0v) is 20.5. The van der Waals surface area contributed by atoms with Gasteiger partial charge in [-0.05, 0) is 40.1 Å². The van der Waals surface area contributed by atoms with E-state index in [9.17, 15) is 9.59 Å². The Morgan fingerprint density at radius 1 is 0.946 bits per heavy atom. The molecule has 0 unspecified atom stereocenters. The first-order valence-electron chi connectivity index (χ1n) is 12.4. The Morgan fingerprint density at radius 3 is 2.57 bits per heavy atom. The van der Waals surface area contributed by atoms with Gasteiger partial charge in [0.05, 0.1) is 18.3 Å². The number of nitrogens with one attached hydrogen (secondary N) is 2. The maximum atomic E-state index is 13.6. The molecule has 6 heteroatoms. The summed E-state index contributed by atoms with van der Waals surface area (Å²) in [5.41, 5.74) is 5.50. The third-order valence-corrected chi connectivity index (χ3v) is 7.06. The zero-order chi connectivity index (χ0) is 25.4. The Hall–Kier alpha value is -4.42. The van der Waals surface area contributed by atoms with Gasteiger partial charge in [-0.3, -0.25) is 9.59 Å². The Bertz CT molecular complexity index is 1640. The van der Waals surface area contributed by atoms with Crippen LogP contribution in [0, 0.1) is 0 Å². The van der Waals surface area contributed by atoms with Crippen LogP contribution in [0.4, 0.5) is 0 Å². The maximum Gasteiger partial charge on any atom is 0.255 e. The van der Waals surface area contributed by atoms with E-state index in [4.69, 9.17) is 4.74 Å². The summed E-state index contributed by atoms with van der Waals surface area (Å²) in [6.45, 7) is 0.765. The highest BCUT2D eigenvalue weighted by molar-refractivity contribution is 6.04. The van der Waals surface area contributed by atoms with Crippen LogP contribution in [0.3, 0.4) is 0 Å². The number of carbonyl (C=O) groups is 2. The molecule has 6 rings (SSSR count). The van der Waals surface area contributed by atoms with Gasteiger partial charge < -0.3 is 19.9 Å². The normalized spacial score (nSPS) is 14.9. The van der Waals surface area contributed by atoms with Gasteiger partial charge in [0, 0.05) is 35.7 Å². The smallest absolute Gasteiger partial charge is 0.255 e. The molecule has 1 aliphatic heterocycles. The molecule has 4 aromatic carbocycles. The summed E-state index contributed by atoms with van der Waals surface area (Å²) in [4.78, 5) is 31.8. The van der Waals surface area contributed by atoms with Gasteiger partial charge in [-0.2, -0.15) is 0 Å². The van der Waals surface area contributed by atoms with Crippen molar-refractivity contribution in [2.75, 3.05) is 26.8 Å². The van der Waals surface area contributed by atoms with Crippen LogP contribution in [0.15, 0.2) is 91.0 Å². The number of H-pyrrole nitrogens is 1. The van der Waals surface area contributed by atoms with Crippen LogP contribution in [0.2, 0.25) is 0 Å². The third-order valence-electron chi connectivity index (χ3n) is 7.06. The van der Waals surface area contributed by atoms with Gasteiger partial charge in [0.15, 0.2) is 0 Å². The van der Waals surface area contributed by atoms with Gasteiger partial charge in [-0.1, -0.05) is 72.8 Å². The number of ether oxygens (including phenoxy) is 1. The van der Waals surface area contributed by atoms with Crippen LogP contribution < -0.4 is 5.32 Å².